The topological polar surface area (TPSA) is 30.5 Å². The minimum Gasteiger partial charge on any atom is -0.381 e. The molecule has 2 atom stereocenters. The summed E-state index contributed by atoms with van der Waals surface area (Å²) in [6.07, 6.45) is 12.0. The second-order valence-electron chi connectivity index (χ2n) is 6.51. The van der Waals surface area contributed by atoms with Crippen molar-refractivity contribution in [1.29, 1.82) is 0 Å². The third kappa shape index (κ3) is 6.11. The van der Waals surface area contributed by atoms with Gasteiger partial charge in [0.25, 0.3) is 0 Å². The molecule has 2 aliphatic heterocycles. The van der Waals surface area contributed by atoms with E-state index in [9.17, 15) is 0 Å². The van der Waals surface area contributed by atoms with Crippen molar-refractivity contribution in [2.24, 2.45) is 5.92 Å². The third-order valence-corrected chi connectivity index (χ3v) is 4.75. The number of hydrogen-bond donors (Lipinski definition) is 1. The van der Waals surface area contributed by atoms with E-state index in [1.165, 1.54) is 57.8 Å². The van der Waals surface area contributed by atoms with Crippen LogP contribution in [0.25, 0.3) is 0 Å². The molecular formula is C17H33NO2. The van der Waals surface area contributed by atoms with E-state index >= 15 is 0 Å². The van der Waals surface area contributed by atoms with Crippen LogP contribution >= 0.6 is 0 Å². The highest BCUT2D eigenvalue weighted by molar-refractivity contribution is 4.76. The SMILES string of the molecule is CCCNC(CCC1CCCCO1)CC1CCOCC1. The average Bonchev–Trinajstić information content (AvgIpc) is 2.52. The zero-order chi connectivity index (χ0) is 14.0. The number of ether oxygens (including phenoxy) is 2. The van der Waals surface area contributed by atoms with Gasteiger partial charge in [0.05, 0.1) is 6.10 Å². The van der Waals surface area contributed by atoms with Crippen LogP contribution in [0.5, 0.6) is 0 Å². The van der Waals surface area contributed by atoms with E-state index < -0.39 is 0 Å². The summed E-state index contributed by atoms with van der Waals surface area (Å²) in [7, 11) is 0. The molecule has 118 valence electrons. The Labute approximate surface area is 124 Å². The summed E-state index contributed by atoms with van der Waals surface area (Å²) in [4.78, 5) is 0. The molecule has 0 aliphatic carbocycles. The van der Waals surface area contributed by atoms with Crippen molar-refractivity contribution in [3.63, 3.8) is 0 Å². The van der Waals surface area contributed by atoms with Crippen LogP contribution in [0.4, 0.5) is 0 Å². The van der Waals surface area contributed by atoms with Gasteiger partial charge in [-0.05, 0) is 70.3 Å². The summed E-state index contributed by atoms with van der Waals surface area (Å²) in [6, 6.07) is 0.684. The van der Waals surface area contributed by atoms with Crippen LogP contribution < -0.4 is 5.32 Å². The van der Waals surface area contributed by atoms with E-state index in [1.54, 1.807) is 0 Å². The van der Waals surface area contributed by atoms with Crippen molar-refractivity contribution in [2.75, 3.05) is 26.4 Å². The van der Waals surface area contributed by atoms with Gasteiger partial charge in [-0.15, -0.1) is 0 Å². The van der Waals surface area contributed by atoms with E-state index in [1.807, 2.05) is 0 Å². The highest BCUT2D eigenvalue weighted by Crippen LogP contribution is 2.24. The van der Waals surface area contributed by atoms with Gasteiger partial charge >= 0.3 is 0 Å². The van der Waals surface area contributed by atoms with Crippen LogP contribution in [-0.4, -0.2) is 38.5 Å². The first kappa shape index (κ1) is 16.3. The summed E-state index contributed by atoms with van der Waals surface area (Å²) < 4.78 is 11.4. The molecule has 0 bridgehead atoms. The molecular weight excluding hydrogens is 250 g/mol. The molecule has 2 aliphatic rings. The summed E-state index contributed by atoms with van der Waals surface area (Å²) >= 11 is 0. The largest absolute Gasteiger partial charge is 0.381 e. The van der Waals surface area contributed by atoms with Crippen molar-refractivity contribution in [3.8, 4) is 0 Å². The van der Waals surface area contributed by atoms with Gasteiger partial charge in [-0.2, -0.15) is 0 Å². The Bertz CT molecular complexity index is 235. The van der Waals surface area contributed by atoms with Gasteiger partial charge in [0, 0.05) is 25.9 Å². The summed E-state index contributed by atoms with van der Waals surface area (Å²) in [5, 5.41) is 3.76. The Morgan fingerprint density at radius 1 is 1.10 bits per heavy atom. The minimum atomic E-state index is 0.532. The molecule has 1 N–H and O–H groups in total. The Hall–Kier alpha value is -0.120. The zero-order valence-electron chi connectivity index (χ0n) is 13.2. The molecule has 2 rings (SSSR count). The van der Waals surface area contributed by atoms with Crippen molar-refractivity contribution >= 4 is 0 Å². The lowest BCUT2D eigenvalue weighted by molar-refractivity contribution is 0.00733. The molecule has 0 aromatic carbocycles. The van der Waals surface area contributed by atoms with E-state index in [2.05, 4.69) is 12.2 Å². The normalized spacial score (nSPS) is 26.6. The first-order chi connectivity index (χ1) is 9.88. The Morgan fingerprint density at radius 2 is 1.95 bits per heavy atom. The first-order valence-corrected chi connectivity index (χ1v) is 8.81. The van der Waals surface area contributed by atoms with Crippen molar-refractivity contribution in [2.45, 2.75) is 76.9 Å². The molecule has 2 saturated heterocycles. The predicted octanol–water partition coefficient (Wildman–Crippen LogP) is 3.52. The van der Waals surface area contributed by atoms with Gasteiger partial charge in [0.15, 0.2) is 0 Å². The highest BCUT2D eigenvalue weighted by Gasteiger charge is 2.21. The number of nitrogens with one attached hydrogen (secondary N) is 1. The van der Waals surface area contributed by atoms with Gasteiger partial charge in [0.2, 0.25) is 0 Å². The van der Waals surface area contributed by atoms with Gasteiger partial charge in [0.1, 0.15) is 0 Å². The summed E-state index contributed by atoms with van der Waals surface area (Å²) in [6.45, 7) is 6.33. The molecule has 3 nitrogen and oxygen atoms in total. The van der Waals surface area contributed by atoms with Crippen molar-refractivity contribution in [1.82, 2.24) is 5.32 Å². The maximum absolute atomic E-state index is 5.88. The zero-order valence-corrected chi connectivity index (χ0v) is 13.2. The second-order valence-corrected chi connectivity index (χ2v) is 6.51. The molecule has 2 heterocycles. The second kappa shape index (κ2) is 9.75. The lowest BCUT2D eigenvalue weighted by Gasteiger charge is -2.29. The van der Waals surface area contributed by atoms with Crippen LogP contribution in [0.3, 0.4) is 0 Å². The standard InChI is InChI=1S/C17H33NO2/c1-2-10-18-16(14-15-8-12-19-13-9-15)6-7-17-5-3-4-11-20-17/h15-18H,2-14H2,1H3. The maximum Gasteiger partial charge on any atom is 0.0575 e. The molecule has 0 aromatic heterocycles. The van der Waals surface area contributed by atoms with Crippen LogP contribution in [-0.2, 0) is 9.47 Å². The third-order valence-electron chi connectivity index (χ3n) is 4.75. The molecule has 0 spiro atoms. The summed E-state index contributed by atoms with van der Waals surface area (Å²) in [5.74, 6) is 0.866. The van der Waals surface area contributed by atoms with Gasteiger partial charge in [-0.1, -0.05) is 6.92 Å². The molecule has 0 saturated carbocycles. The molecule has 0 radical (unpaired) electrons. The molecule has 2 fully saturated rings. The Kier molecular flexibility index (Phi) is 7.92. The van der Waals surface area contributed by atoms with Crippen LogP contribution in [0.2, 0.25) is 0 Å². The number of hydrogen-bond acceptors (Lipinski definition) is 3. The van der Waals surface area contributed by atoms with Crippen LogP contribution in [0.15, 0.2) is 0 Å². The number of rotatable bonds is 8. The molecule has 3 heteroatoms. The molecule has 0 amide bonds. The fourth-order valence-electron chi connectivity index (χ4n) is 3.46. The lowest BCUT2D eigenvalue weighted by Crippen LogP contribution is -2.34. The van der Waals surface area contributed by atoms with Gasteiger partial charge < -0.3 is 14.8 Å². The first-order valence-electron chi connectivity index (χ1n) is 8.81. The van der Waals surface area contributed by atoms with Gasteiger partial charge in [-0.25, -0.2) is 0 Å². The van der Waals surface area contributed by atoms with Crippen LogP contribution in [0.1, 0.15) is 64.7 Å². The summed E-state index contributed by atoms with van der Waals surface area (Å²) in [5.41, 5.74) is 0. The van der Waals surface area contributed by atoms with Crippen molar-refractivity contribution in [3.05, 3.63) is 0 Å². The molecule has 0 aromatic rings. The van der Waals surface area contributed by atoms with Crippen molar-refractivity contribution < 1.29 is 9.47 Å². The van der Waals surface area contributed by atoms with Crippen LogP contribution in [0, 0.1) is 5.92 Å². The minimum absolute atomic E-state index is 0.532. The fourth-order valence-corrected chi connectivity index (χ4v) is 3.46. The highest BCUT2D eigenvalue weighted by atomic mass is 16.5. The predicted molar refractivity (Wildman–Crippen MR) is 83.1 cm³/mol. The maximum atomic E-state index is 5.88. The quantitative estimate of drug-likeness (QED) is 0.739. The molecule has 2 unspecified atom stereocenters. The van der Waals surface area contributed by atoms with E-state index in [0.29, 0.717) is 12.1 Å². The Balaban J connectivity index is 1.70. The Morgan fingerprint density at radius 3 is 2.65 bits per heavy atom. The molecule has 20 heavy (non-hydrogen) atoms. The average molecular weight is 283 g/mol. The monoisotopic (exact) mass is 283 g/mol. The van der Waals surface area contributed by atoms with Gasteiger partial charge in [-0.3, -0.25) is 0 Å². The smallest absolute Gasteiger partial charge is 0.0575 e. The lowest BCUT2D eigenvalue weighted by atomic mass is 9.89. The van der Waals surface area contributed by atoms with E-state index in [-0.39, 0.29) is 0 Å². The fraction of sp³-hybridized carbons (Fsp3) is 1.00. The van der Waals surface area contributed by atoms with E-state index in [0.717, 1.165) is 32.3 Å². The van der Waals surface area contributed by atoms with E-state index in [4.69, 9.17) is 9.47 Å².